The number of benzene rings is 2. The third-order valence-electron chi connectivity index (χ3n) is 6.23. The number of alkyl carbamates (subject to hydrolysis) is 1. The molecule has 1 unspecified atom stereocenters. The lowest BCUT2D eigenvalue weighted by Crippen LogP contribution is -2.51. The summed E-state index contributed by atoms with van der Waals surface area (Å²) in [5.74, 6) is -1.35. The van der Waals surface area contributed by atoms with E-state index < -0.39 is 23.5 Å². The zero-order chi connectivity index (χ0) is 22.9. The van der Waals surface area contributed by atoms with E-state index in [1.165, 1.54) is 13.8 Å². The summed E-state index contributed by atoms with van der Waals surface area (Å²) in [7, 11) is 0. The normalized spacial score (nSPS) is 15.9. The van der Waals surface area contributed by atoms with Gasteiger partial charge in [-0.15, -0.1) is 0 Å². The van der Waals surface area contributed by atoms with E-state index in [0.29, 0.717) is 0 Å². The Hall–Kier alpha value is -3.35. The number of carboxylic acids is 1. The van der Waals surface area contributed by atoms with Crippen LogP contribution >= 0.6 is 0 Å². The van der Waals surface area contributed by atoms with Crippen molar-refractivity contribution in [1.29, 1.82) is 0 Å². The van der Waals surface area contributed by atoms with Crippen molar-refractivity contribution < 1.29 is 24.2 Å². The van der Waals surface area contributed by atoms with E-state index in [2.05, 4.69) is 34.9 Å². The van der Waals surface area contributed by atoms with Gasteiger partial charge in [0.1, 0.15) is 12.1 Å². The third kappa shape index (κ3) is 4.61. The number of carboxylic acid groups (broad SMARTS) is 1. The van der Waals surface area contributed by atoms with Crippen LogP contribution in [0.2, 0.25) is 0 Å². The van der Waals surface area contributed by atoms with Crippen molar-refractivity contribution >= 4 is 18.0 Å². The van der Waals surface area contributed by atoms with Crippen LogP contribution < -0.4 is 10.6 Å². The molecular weight excluding hydrogens is 408 g/mol. The Morgan fingerprint density at radius 1 is 1.03 bits per heavy atom. The van der Waals surface area contributed by atoms with E-state index in [-0.39, 0.29) is 30.9 Å². The molecule has 1 fully saturated rings. The number of hydrogen-bond acceptors (Lipinski definition) is 4. The van der Waals surface area contributed by atoms with Crippen molar-refractivity contribution in [3.63, 3.8) is 0 Å². The van der Waals surface area contributed by atoms with Crippen molar-refractivity contribution in [3.05, 3.63) is 59.7 Å². The summed E-state index contributed by atoms with van der Waals surface area (Å²) in [6.07, 6.45) is 1.30. The highest BCUT2D eigenvalue weighted by molar-refractivity contribution is 5.86. The molecule has 2 aromatic carbocycles. The van der Waals surface area contributed by atoms with Crippen LogP contribution in [-0.4, -0.2) is 41.3 Å². The van der Waals surface area contributed by atoms with E-state index in [1.54, 1.807) is 0 Å². The van der Waals surface area contributed by atoms with Crippen LogP contribution in [0, 0.1) is 5.92 Å². The Morgan fingerprint density at radius 2 is 1.59 bits per heavy atom. The van der Waals surface area contributed by atoms with Gasteiger partial charge in [-0.3, -0.25) is 4.79 Å². The molecule has 32 heavy (non-hydrogen) atoms. The van der Waals surface area contributed by atoms with Gasteiger partial charge in [0, 0.05) is 18.4 Å². The van der Waals surface area contributed by atoms with Crippen molar-refractivity contribution in [3.8, 4) is 11.1 Å². The van der Waals surface area contributed by atoms with E-state index in [1.807, 2.05) is 24.3 Å². The van der Waals surface area contributed by atoms with Crippen LogP contribution in [0.1, 0.15) is 50.2 Å². The zero-order valence-corrected chi connectivity index (χ0v) is 18.3. The Kier molecular flexibility index (Phi) is 5.91. The van der Waals surface area contributed by atoms with Crippen LogP contribution in [0.4, 0.5) is 4.79 Å². The van der Waals surface area contributed by atoms with Crippen LogP contribution in [0.5, 0.6) is 0 Å². The molecule has 2 aliphatic rings. The molecule has 4 rings (SSSR count). The minimum atomic E-state index is -1.37. The van der Waals surface area contributed by atoms with E-state index in [0.717, 1.165) is 35.1 Å². The fraction of sp³-hybridized carbons (Fsp3) is 0.400. The van der Waals surface area contributed by atoms with Gasteiger partial charge in [-0.1, -0.05) is 48.5 Å². The van der Waals surface area contributed by atoms with Gasteiger partial charge in [0.25, 0.3) is 0 Å². The SMILES string of the molecule is CC(C)(NC(=O)CC(NC(=O)OCC1c2ccccc2-c2ccccc21)C1CC1)C(=O)O. The first kappa shape index (κ1) is 21.9. The first-order chi connectivity index (χ1) is 15.3. The molecular formula is C25H28N2O5. The number of hydrogen-bond donors (Lipinski definition) is 3. The highest BCUT2D eigenvalue weighted by Crippen LogP contribution is 2.44. The van der Waals surface area contributed by atoms with Gasteiger partial charge in [-0.25, -0.2) is 9.59 Å². The number of aliphatic carboxylic acids is 1. The summed E-state index contributed by atoms with van der Waals surface area (Å²) < 4.78 is 5.59. The topological polar surface area (TPSA) is 105 Å². The van der Waals surface area contributed by atoms with Gasteiger partial charge in [0.15, 0.2) is 0 Å². The van der Waals surface area contributed by atoms with Gasteiger partial charge in [0.2, 0.25) is 5.91 Å². The number of rotatable bonds is 8. The summed E-state index contributed by atoms with van der Waals surface area (Å²) in [4.78, 5) is 36.2. The first-order valence-electron chi connectivity index (χ1n) is 10.9. The number of carbonyl (C=O) groups excluding carboxylic acids is 2. The van der Waals surface area contributed by atoms with Crippen molar-refractivity contribution in [2.45, 2.75) is 50.6 Å². The average Bonchev–Trinajstić information content (AvgIpc) is 3.54. The fourth-order valence-corrected chi connectivity index (χ4v) is 4.28. The van der Waals surface area contributed by atoms with Gasteiger partial charge < -0.3 is 20.5 Å². The number of carbonyl (C=O) groups is 3. The molecule has 0 radical (unpaired) electrons. The van der Waals surface area contributed by atoms with Crippen LogP contribution in [0.15, 0.2) is 48.5 Å². The summed E-state index contributed by atoms with van der Waals surface area (Å²) >= 11 is 0. The maximum Gasteiger partial charge on any atom is 0.407 e. The summed E-state index contributed by atoms with van der Waals surface area (Å²) in [6.45, 7) is 3.06. The molecule has 2 amide bonds. The minimum absolute atomic E-state index is 0.0194. The molecule has 2 aliphatic carbocycles. The molecule has 7 heteroatoms. The second kappa shape index (κ2) is 8.65. The summed E-state index contributed by atoms with van der Waals surface area (Å²) in [5.41, 5.74) is 3.22. The van der Waals surface area contributed by atoms with E-state index in [4.69, 9.17) is 4.74 Å². The largest absolute Gasteiger partial charge is 0.480 e. The van der Waals surface area contributed by atoms with Crippen molar-refractivity contribution in [2.75, 3.05) is 6.61 Å². The molecule has 0 aliphatic heterocycles. The lowest BCUT2D eigenvalue weighted by atomic mass is 9.98. The molecule has 0 saturated heterocycles. The number of fused-ring (bicyclic) bond motifs is 3. The molecule has 7 nitrogen and oxygen atoms in total. The number of ether oxygens (including phenoxy) is 1. The van der Waals surface area contributed by atoms with Gasteiger partial charge in [0.05, 0.1) is 0 Å². The van der Waals surface area contributed by atoms with Gasteiger partial charge in [-0.2, -0.15) is 0 Å². The lowest BCUT2D eigenvalue weighted by Gasteiger charge is -2.24. The third-order valence-corrected chi connectivity index (χ3v) is 6.23. The second-order valence-electron chi connectivity index (χ2n) is 9.10. The lowest BCUT2D eigenvalue weighted by molar-refractivity contribution is -0.146. The van der Waals surface area contributed by atoms with Crippen LogP contribution in [-0.2, 0) is 14.3 Å². The number of nitrogens with one attached hydrogen (secondary N) is 2. The molecule has 168 valence electrons. The molecule has 0 bridgehead atoms. The monoisotopic (exact) mass is 436 g/mol. The van der Waals surface area contributed by atoms with Crippen molar-refractivity contribution in [1.82, 2.24) is 10.6 Å². The highest BCUT2D eigenvalue weighted by atomic mass is 16.5. The van der Waals surface area contributed by atoms with Gasteiger partial charge >= 0.3 is 12.1 Å². The maximum absolute atomic E-state index is 12.6. The molecule has 0 spiro atoms. The van der Waals surface area contributed by atoms with E-state index in [9.17, 15) is 19.5 Å². The number of amides is 2. The second-order valence-corrected chi connectivity index (χ2v) is 9.10. The molecule has 0 aromatic heterocycles. The molecule has 3 N–H and O–H groups in total. The summed E-state index contributed by atoms with van der Waals surface area (Å²) in [5, 5.41) is 14.5. The zero-order valence-electron chi connectivity index (χ0n) is 18.3. The molecule has 0 heterocycles. The minimum Gasteiger partial charge on any atom is -0.480 e. The standard InChI is InChI=1S/C25H28N2O5/c1-25(2,23(29)30)27-22(28)13-21(15-11-12-15)26-24(31)32-14-20-18-9-5-3-7-16(18)17-8-4-6-10-19(17)20/h3-10,15,20-21H,11-14H2,1-2H3,(H,26,31)(H,27,28)(H,29,30). The smallest absolute Gasteiger partial charge is 0.407 e. The van der Waals surface area contributed by atoms with Crippen LogP contribution in [0.3, 0.4) is 0 Å². The molecule has 1 atom stereocenters. The summed E-state index contributed by atoms with van der Waals surface area (Å²) in [6, 6.07) is 15.9. The average molecular weight is 437 g/mol. The first-order valence-corrected chi connectivity index (χ1v) is 10.9. The Morgan fingerprint density at radius 3 is 2.12 bits per heavy atom. The quantitative estimate of drug-likeness (QED) is 0.586. The Bertz CT molecular complexity index is 999. The Balaban J connectivity index is 1.37. The molecule has 2 aromatic rings. The Labute approximate surface area is 187 Å². The van der Waals surface area contributed by atoms with Crippen LogP contribution in [0.25, 0.3) is 11.1 Å². The van der Waals surface area contributed by atoms with Crippen molar-refractivity contribution in [2.24, 2.45) is 5.92 Å². The fourth-order valence-electron chi connectivity index (χ4n) is 4.28. The predicted molar refractivity (Wildman–Crippen MR) is 119 cm³/mol. The molecule has 1 saturated carbocycles. The predicted octanol–water partition coefficient (Wildman–Crippen LogP) is 3.67. The maximum atomic E-state index is 12.6. The van der Waals surface area contributed by atoms with E-state index >= 15 is 0 Å². The highest BCUT2D eigenvalue weighted by Gasteiger charge is 2.37. The van der Waals surface area contributed by atoms with Gasteiger partial charge in [-0.05, 0) is 54.9 Å².